The molecule has 2 aliphatic rings. The molecular weight excluding hydrogens is 703 g/mol. The standard InChI is InChI=1S/C25H24F2N2O3.C19H24N2O2/c1-5-32-24(31)17-13-29(23(30)15-10-11-18(26)19(27)12-15)14-25(2,3)21-16-8-6-7-9-20(16)28(4)22(17)21;1-6-23-18(22)14-11-20(4)12-19(2,3)16-13-9-7-8-10-15(13)21(5)17(14)16/h6-13H,5,14H2,1-4H3;7-11H,6,12H2,1-5H3. The van der Waals surface area contributed by atoms with E-state index < -0.39 is 28.9 Å². The van der Waals surface area contributed by atoms with E-state index in [-0.39, 0.29) is 35.7 Å². The van der Waals surface area contributed by atoms with E-state index in [1.54, 1.807) is 6.92 Å². The first kappa shape index (κ1) is 39.0. The molecule has 3 aromatic carbocycles. The van der Waals surface area contributed by atoms with E-state index >= 15 is 0 Å². The molecule has 5 aromatic rings. The van der Waals surface area contributed by atoms with Gasteiger partial charge >= 0.3 is 11.9 Å². The van der Waals surface area contributed by atoms with Gasteiger partial charge in [-0.2, -0.15) is 0 Å². The van der Waals surface area contributed by atoms with Crippen LogP contribution in [0, 0.1) is 11.6 Å². The van der Waals surface area contributed by atoms with Gasteiger partial charge in [-0.15, -0.1) is 0 Å². The Labute approximate surface area is 320 Å². The Morgan fingerprint density at radius 2 is 1.13 bits per heavy atom. The van der Waals surface area contributed by atoms with E-state index in [1.807, 2.05) is 83.0 Å². The van der Waals surface area contributed by atoms with Gasteiger partial charge in [-0.25, -0.2) is 18.4 Å². The summed E-state index contributed by atoms with van der Waals surface area (Å²) in [5.74, 6) is -3.48. The second-order valence-electron chi connectivity index (χ2n) is 15.4. The van der Waals surface area contributed by atoms with Crippen LogP contribution >= 0.6 is 0 Å². The number of carbonyl (C=O) groups excluding carboxylic acids is 3. The topological polar surface area (TPSA) is 86.0 Å². The van der Waals surface area contributed by atoms with Gasteiger partial charge in [0.25, 0.3) is 5.91 Å². The second-order valence-corrected chi connectivity index (χ2v) is 15.4. The van der Waals surface area contributed by atoms with Gasteiger partial charge < -0.3 is 28.4 Å². The first-order valence-electron chi connectivity index (χ1n) is 18.4. The average molecular weight is 751 g/mol. The normalized spacial score (nSPS) is 15.8. The van der Waals surface area contributed by atoms with Gasteiger partial charge in [-0.1, -0.05) is 64.1 Å². The summed E-state index contributed by atoms with van der Waals surface area (Å²) < 4.78 is 41.9. The summed E-state index contributed by atoms with van der Waals surface area (Å²) in [6, 6.07) is 19.2. The number of para-hydroxylation sites is 2. The Morgan fingerprint density at radius 3 is 1.62 bits per heavy atom. The summed E-state index contributed by atoms with van der Waals surface area (Å²) in [5, 5.41) is 2.19. The van der Waals surface area contributed by atoms with Crippen molar-refractivity contribution in [2.24, 2.45) is 14.1 Å². The molecule has 0 aliphatic carbocycles. The summed E-state index contributed by atoms with van der Waals surface area (Å²) in [5.41, 5.74) is 6.13. The van der Waals surface area contributed by atoms with Gasteiger partial charge in [0, 0.05) is 84.8 Å². The smallest absolute Gasteiger partial charge is 0.341 e. The molecule has 0 radical (unpaired) electrons. The number of fused-ring (bicyclic) bond motifs is 6. The molecule has 0 bridgehead atoms. The van der Waals surface area contributed by atoms with Gasteiger partial charge in [-0.05, 0) is 55.3 Å². The molecular formula is C44H48F2N4O5. The molecule has 0 saturated heterocycles. The Balaban J connectivity index is 0.000000197. The molecule has 0 fully saturated rings. The van der Waals surface area contributed by atoms with Gasteiger partial charge in [0.1, 0.15) is 0 Å². The summed E-state index contributed by atoms with van der Waals surface area (Å²) in [4.78, 5) is 42.3. The van der Waals surface area contributed by atoms with Crippen LogP contribution in [-0.4, -0.2) is 70.1 Å². The number of aromatic nitrogens is 2. The molecule has 288 valence electrons. The lowest BCUT2D eigenvalue weighted by Crippen LogP contribution is -2.37. The van der Waals surface area contributed by atoms with E-state index in [1.165, 1.54) is 28.1 Å². The fourth-order valence-corrected chi connectivity index (χ4v) is 8.23. The minimum absolute atomic E-state index is 0.00465. The minimum Gasteiger partial charge on any atom is -0.462 e. The summed E-state index contributed by atoms with van der Waals surface area (Å²) in [6.07, 6.45) is 3.39. The van der Waals surface area contributed by atoms with Crippen LogP contribution in [0.5, 0.6) is 0 Å². The molecule has 7 rings (SSSR count). The highest BCUT2D eigenvalue weighted by atomic mass is 19.2. The van der Waals surface area contributed by atoms with Crippen molar-refractivity contribution in [2.75, 3.05) is 33.4 Å². The van der Waals surface area contributed by atoms with Crippen molar-refractivity contribution in [1.29, 1.82) is 0 Å². The van der Waals surface area contributed by atoms with Crippen molar-refractivity contribution in [3.8, 4) is 0 Å². The van der Waals surface area contributed by atoms with E-state index in [0.29, 0.717) is 17.9 Å². The van der Waals surface area contributed by atoms with Crippen molar-refractivity contribution in [1.82, 2.24) is 18.9 Å². The SMILES string of the molecule is CCOC(=O)C1=CN(C(=O)c2ccc(F)c(F)c2)CC(C)(C)c2c1n(C)c1ccccc21.CCOC(=O)C1=CN(C)CC(C)(C)c2c1n(C)c1ccccc21. The van der Waals surface area contributed by atoms with Crippen molar-refractivity contribution >= 4 is 50.8 Å². The van der Waals surface area contributed by atoms with Crippen LogP contribution in [0.3, 0.4) is 0 Å². The zero-order valence-corrected chi connectivity index (χ0v) is 32.9. The van der Waals surface area contributed by atoms with Crippen LogP contribution in [-0.2, 0) is 44.0 Å². The Hall–Kier alpha value is -5.71. The number of likely N-dealkylation sites (N-methyl/N-ethyl adjacent to an activating group) is 1. The minimum atomic E-state index is -1.10. The van der Waals surface area contributed by atoms with Crippen molar-refractivity contribution in [2.45, 2.75) is 52.4 Å². The third kappa shape index (κ3) is 7.03. The summed E-state index contributed by atoms with van der Waals surface area (Å²) >= 11 is 0. The number of hydrogen-bond donors (Lipinski definition) is 0. The lowest BCUT2D eigenvalue weighted by Gasteiger charge is -2.29. The highest BCUT2D eigenvalue weighted by Crippen LogP contribution is 2.43. The molecule has 11 heteroatoms. The van der Waals surface area contributed by atoms with Crippen LogP contribution in [0.15, 0.2) is 79.1 Å². The lowest BCUT2D eigenvalue weighted by atomic mass is 9.81. The van der Waals surface area contributed by atoms with Crippen molar-refractivity contribution < 1.29 is 32.6 Å². The predicted octanol–water partition coefficient (Wildman–Crippen LogP) is 8.10. The number of halogens is 2. The van der Waals surface area contributed by atoms with Crippen LogP contribution in [0.2, 0.25) is 0 Å². The zero-order chi connectivity index (χ0) is 40.0. The Bertz CT molecular complexity index is 2400. The number of esters is 2. The fourth-order valence-electron chi connectivity index (χ4n) is 8.23. The average Bonchev–Trinajstić information content (AvgIpc) is 3.52. The molecule has 9 nitrogen and oxygen atoms in total. The van der Waals surface area contributed by atoms with Gasteiger partial charge in [0.15, 0.2) is 11.6 Å². The molecule has 0 saturated carbocycles. The maximum absolute atomic E-state index is 13.8. The lowest BCUT2D eigenvalue weighted by molar-refractivity contribution is -0.137. The fraction of sp³-hybridized carbons (Fsp3) is 0.341. The van der Waals surface area contributed by atoms with E-state index in [0.717, 1.165) is 46.4 Å². The number of ether oxygens (including phenoxy) is 2. The largest absolute Gasteiger partial charge is 0.462 e. The third-order valence-electron chi connectivity index (χ3n) is 10.3. The number of carbonyl (C=O) groups is 3. The number of rotatable bonds is 5. The maximum Gasteiger partial charge on any atom is 0.341 e. The quantitative estimate of drug-likeness (QED) is 0.169. The first-order valence-corrected chi connectivity index (χ1v) is 18.4. The Morgan fingerprint density at radius 1 is 0.655 bits per heavy atom. The molecule has 0 atom stereocenters. The summed E-state index contributed by atoms with van der Waals surface area (Å²) in [7, 11) is 5.90. The number of benzene rings is 3. The first-order chi connectivity index (χ1) is 26.0. The van der Waals surface area contributed by atoms with Gasteiger partial charge in [-0.3, -0.25) is 4.79 Å². The zero-order valence-electron chi connectivity index (χ0n) is 32.9. The molecule has 2 aromatic heterocycles. The van der Waals surface area contributed by atoms with Gasteiger partial charge in [0.05, 0.1) is 35.7 Å². The third-order valence-corrected chi connectivity index (χ3v) is 10.3. The van der Waals surface area contributed by atoms with E-state index in [2.05, 4.69) is 41.5 Å². The summed E-state index contributed by atoms with van der Waals surface area (Å²) in [6.45, 7) is 13.6. The van der Waals surface area contributed by atoms with Gasteiger partial charge in [0.2, 0.25) is 0 Å². The molecule has 0 spiro atoms. The molecule has 0 N–H and O–H groups in total. The predicted molar refractivity (Wildman–Crippen MR) is 211 cm³/mol. The van der Waals surface area contributed by atoms with E-state index in [4.69, 9.17) is 9.47 Å². The highest BCUT2D eigenvalue weighted by Gasteiger charge is 2.39. The molecule has 4 heterocycles. The van der Waals surface area contributed by atoms with E-state index in [9.17, 15) is 23.2 Å². The van der Waals surface area contributed by atoms with Crippen LogP contribution < -0.4 is 0 Å². The molecule has 1 amide bonds. The highest BCUT2D eigenvalue weighted by molar-refractivity contribution is 6.19. The number of nitrogens with zero attached hydrogens (tertiary/aromatic N) is 4. The second kappa shape index (κ2) is 14.8. The number of hydrogen-bond acceptors (Lipinski definition) is 6. The number of aryl methyl sites for hydroxylation is 2. The van der Waals surface area contributed by atoms with Crippen LogP contribution in [0.4, 0.5) is 8.78 Å². The van der Waals surface area contributed by atoms with Crippen molar-refractivity contribution in [3.63, 3.8) is 0 Å². The van der Waals surface area contributed by atoms with Crippen LogP contribution in [0.25, 0.3) is 33.0 Å². The number of amides is 1. The maximum atomic E-state index is 13.8. The Kier molecular flexibility index (Phi) is 10.5. The molecule has 0 unspecified atom stereocenters. The monoisotopic (exact) mass is 750 g/mol. The molecule has 2 aliphatic heterocycles. The van der Waals surface area contributed by atoms with Crippen LogP contribution in [0.1, 0.15) is 74.4 Å². The van der Waals surface area contributed by atoms with Crippen molar-refractivity contribution in [3.05, 3.63) is 119 Å². The molecule has 55 heavy (non-hydrogen) atoms.